The first-order valence-corrected chi connectivity index (χ1v) is 15.0. The van der Waals surface area contributed by atoms with Crippen LogP contribution in [0.25, 0.3) is 21.9 Å². The van der Waals surface area contributed by atoms with Gasteiger partial charge in [0.1, 0.15) is 23.2 Å². The number of carbonyl (C=O) groups is 2. The predicted octanol–water partition coefficient (Wildman–Crippen LogP) is 7.41. The summed E-state index contributed by atoms with van der Waals surface area (Å²) in [6, 6.07) is 10.8. The minimum Gasteiger partial charge on any atom is -0.495 e. The van der Waals surface area contributed by atoms with Crippen LogP contribution < -0.4 is 14.8 Å². The van der Waals surface area contributed by atoms with Crippen LogP contribution in [0.3, 0.4) is 0 Å². The van der Waals surface area contributed by atoms with Crippen LogP contribution in [0.15, 0.2) is 42.6 Å². The summed E-state index contributed by atoms with van der Waals surface area (Å²) in [6.45, 7) is 19.0. The summed E-state index contributed by atoms with van der Waals surface area (Å²) < 4.78 is 19.1. The fraction of sp³-hybridized carbons (Fsp3) is 0.412. The molecule has 0 aliphatic heterocycles. The fourth-order valence-corrected chi connectivity index (χ4v) is 6.19. The Hall–Kier alpha value is -4.98. The molecule has 236 valence electrons. The summed E-state index contributed by atoms with van der Waals surface area (Å²) in [6.07, 6.45) is 3.29. The number of fused-ring (bicyclic) bond motifs is 1. The lowest BCUT2D eigenvalue weighted by atomic mass is 9.75. The third-order valence-corrected chi connectivity index (χ3v) is 8.40. The lowest BCUT2D eigenvalue weighted by molar-refractivity contribution is -0.152. The summed E-state index contributed by atoms with van der Waals surface area (Å²) in [5.74, 6) is 0.725. The van der Waals surface area contributed by atoms with Gasteiger partial charge in [0.25, 0.3) is 0 Å². The number of ether oxygens (including phenoxy) is 3. The Morgan fingerprint density at radius 1 is 1.09 bits per heavy atom. The van der Waals surface area contributed by atoms with Crippen LogP contribution in [0.4, 0.5) is 17.1 Å². The molecule has 1 saturated carbocycles. The minimum absolute atomic E-state index is 0.139. The van der Waals surface area contributed by atoms with Crippen molar-refractivity contribution in [2.45, 2.75) is 66.1 Å². The molecule has 0 saturated heterocycles. The molecule has 0 amide bonds. The Bertz CT molecular complexity index is 1790. The molecular formula is C34H39N5O6. The number of nitrogens with one attached hydrogen (secondary N) is 2. The molecule has 11 nitrogen and oxygen atoms in total. The van der Waals surface area contributed by atoms with Gasteiger partial charge in [-0.25, -0.2) is 19.4 Å². The minimum atomic E-state index is -1.46. The SMILES string of the molecule is [C-]#[N+]c1cn2[nH]c(-c3ccc(OC)c(Nc4cc(C)ccc4OC(C)(C)C(=O)O)c3)nc2c1C(=O)OC1C(C)CC(C)CC1C. The number of H-pyrrole nitrogens is 1. The van der Waals surface area contributed by atoms with E-state index in [1.165, 1.54) is 13.8 Å². The highest BCUT2D eigenvalue weighted by atomic mass is 16.5. The quantitative estimate of drug-likeness (QED) is 0.131. The second-order valence-electron chi connectivity index (χ2n) is 12.6. The Kier molecular flexibility index (Phi) is 8.52. The van der Waals surface area contributed by atoms with Crippen LogP contribution in [0, 0.1) is 31.2 Å². The zero-order valence-corrected chi connectivity index (χ0v) is 26.6. The van der Waals surface area contributed by atoms with E-state index in [-0.39, 0.29) is 29.2 Å². The van der Waals surface area contributed by atoms with Gasteiger partial charge in [-0.05, 0) is 87.3 Å². The molecule has 3 N–H and O–H groups in total. The van der Waals surface area contributed by atoms with Gasteiger partial charge in [-0.1, -0.05) is 26.8 Å². The monoisotopic (exact) mass is 613 g/mol. The van der Waals surface area contributed by atoms with Gasteiger partial charge < -0.3 is 24.6 Å². The molecule has 1 aliphatic rings. The number of aliphatic carboxylic acids is 1. The molecule has 2 atom stereocenters. The third kappa shape index (κ3) is 6.32. The number of rotatable bonds is 9. The maximum absolute atomic E-state index is 13.5. The Morgan fingerprint density at radius 2 is 1.76 bits per heavy atom. The highest BCUT2D eigenvalue weighted by Gasteiger charge is 2.36. The van der Waals surface area contributed by atoms with Crippen molar-refractivity contribution in [3.05, 3.63) is 65.1 Å². The number of aromatic nitrogens is 3. The number of hydrogen-bond acceptors (Lipinski definition) is 7. The number of aromatic amines is 1. The number of aryl methyl sites for hydroxylation is 1. The maximum atomic E-state index is 13.5. The fourth-order valence-electron chi connectivity index (χ4n) is 6.19. The third-order valence-electron chi connectivity index (χ3n) is 8.40. The number of methoxy groups -OCH3 is 1. The zero-order valence-electron chi connectivity index (χ0n) is 26.6. The molecule has 2 aromatic carbocycles. The normalized spacial score (nSPS) is 20.0. The van der Waals surface area contributed by atoms with Crippen molar-refractivity contribution in [2.24, 2.45) is 17.8 Å². The van der Waals surface area contributed by atoms with Crippen LogP contribution in [0.1, 0.15) is 63.4 Å². The smallest absolute Gasteiger partial charge is 0.347 e. The molecular weight excluding hydrogens is 574 g/mol. The molecule has 5 rings (SSSR count). The van der Waals surface area contributed by atoms with Gasteiger partial charge in [0, 0.05) is 11.8 Å². The van der Waals surface area contributed by atoms with E-state index in [0.717, 1.165) is 18.4 Å². The largest absolute Gasteiger partial charge is 0.495 e. The summed E-state index contributed by atoms with van der Waals surface area (Å²) in [4.78, 5) is 33.6. The zero-order chi connectivity index (χ0) is 32.6. The molecule has 0 bridgehead atoms. The van der Waals surface area contributed by atoms with E-state index in [4.69, 9.17) is 25.8 Å². The Morgan fingerprint density at radius 3 is 2.40 bits per heavy atom. The van der Waals surface area contributed by atoms with E-state index in [1.807, 2.05) is 31.2 Å². The molecule has 1 fully saturated rings. The van der Waals surface area contributed by atoms with E-state index in [9.17, 15) is 14.7 Å². The first-order valence-electron chi connectivity index (χ1n) is 15.0. The van der Waals surface area contributed by atoms with Crippen molar-refractivity contribution in [1.29, 1.82) is 0 Å². The van der Waals surface area contributed by atoms with Gasteiger partial charge in [-0.2, -0.15) is 0 Å². The number of nitrogens with zero attached hydrogens (tertiary/aromatic N) is 3. The van der Waals surface area contributed by atoms with E-state index in [2.05, 4.69) is 36.0 Å². The molecule has 2 heterocycles. The molecule has 2 unspecified atom stereocenters. The number of carboxylic acids is 1. The average molecular weight is 614 g/mol. The van der Waals surface area contributed by atoms with Crippen molar-refractivity contribution in [2.75, 3.05) is 12.4 Å². The van der Waals surface area contributed by atoms with E-state index in [1.54, 1.807) is 30.0 Å². The van der Waals surface area contributed by atoms with Gasteiger partial charge >= 0.3 is 11.9 Å². The highest BCUT2D eigenvalue weighted by Crippen LogP contribution is 2.39. The van der Waals surface area contributed by atoms with Crippen molar-refractivity contribution in [1.82, 2.24) is 14.6 Å². The van der Waals surface area contributed by atoms with E-state index in [0.29, 0.717) is 45.8 Å². The lowest BCUT2D eigenvalue weighted by Crippen LogP contribution is -2.38. The van der Waals surface area contributed by atoms with Crippen molar-refractivity contribution < 1.29 is 28.9 Å². The Labute approximate surface area is 262 Å². The number of hydrogen-bond donors (Lipinski definition) is 3. The second kappa shape index (κ2) is 12.2. The molecule has 0 radical (unpaired) electrons. The molecule has 45 heavy (non-hydrogen) atoms. The number of esters is 1. The number of benzene rings is 2. The average Bonchev–Trinajstić information content (AvgIpc) is 3.54. The topological polar surface area (TPSA) is 132 Å². The van der Waals surface area contributed by atoms with Gasteiger partial charge in [-0.15, -0.1) is 0 Å². The van der Waals surface area contributed by atoms with Gasteiger partial charge in [0.2, 0.25) is 5.69 Å². The van der Waals surface area contributed by atoms with E-state index < -0.39 is 17.5 Å². The summed E-state index contributed by atoms with van der Waals surface area (Å²) in [7, 11) is 1.55. The van der Waals surface area contributed by atoms with Crippen molar-refractivity contribution in [3.8, 4) is 22.9 Å². The van der Waals surface area contributed by atoms with Gasteiger partial charge in [0.15, 0.2) is 17.1 Å². The van der Waals surface area contributed by atoms with Crippen molar-refractivity contribution >= 4 is 34.6 Å². The van der Waals surface area contributed by atoms with Crippen molar-refractivity contribution in [3.63, 3.8) is 0 Å². The summed E-state index contributed by atoms with van der Waals surface area (Å²) in [5, 5.41) is 16.1. The second-order valence-corrected chi connectivity index (χ2v) is 12.6. The standard InChI is InChI=1S/C34H39N5O6/c1-18-9-11-27(45-34(5,6)33(41)42)23(15-18)36-24-16-22(10-12-26(24)43-8)30-37-31-28(25(35-7)17-39(31)38-30)32(40)44-29-20(3)13-19(2)14-21(29)4/h9-12,15-17,19-21,29,36H,13-14H2,1-6,8H3,(H,37,38)(H,41,42). The van der Waals surface area contributed by atoms with Crippen LogP contribution in [-0.4, -0.2) is 50.5 Å². The molecule has 1 aliphatic carbocycles. The first kappa shape index (κ1) is 31.4. The molecule has 0 spiro atoms. The summed E-state index contributed by atoms with van der Waals surface area (Å²) >= 11 is 0. The number of anilines is 2. The molecule has 2 aromatic heterocycles. The number of carbonyl (C=O) groups excluding carboxylic acids is 1. The van der Waals surface area contributed by atoms with Crippen LogP contribution in [0.2, 0.25) is 0 Å². The van der Waals surface area contributed by atoms with Gasteiger partial charge in [0.05, 0.1) is 25.1 Å². The van der Waals surface area contributed by atoms with Crippen LogP contribution >= 0.6 is 0 Å². The van der Waals surface area contributed by atoms with Crippen LogP contribution in [0.5, 0.6) is 11.5 Å². The van der Waals surface area contributed by atoms with Crippen LogP contribution in [-0.2, 0) is 9.53 Å². The predicted molar refractivity (Wildman–Crippen MR) is 171 cm³/mol. The highest BCUT2D eigenvalue weighted by molar-refractivity contribution is 6.03. The lowest BCUT2D eigenvalue weighted by Gasteiger charge is -2.37. The molecule has 4 aromatic rings. The summed E-state index contributed by atoms with van der Waals surface area (Å²) in [5.41, 5.74) is 1.91. The number of carboxylic acid groups (broad SMARTS) is 1. The maximum Gasteiger partial charge on any atom is 0.347 e. The van der Waals surface area contributed by atoms with E-state index >= 15 is 0 Å². The Balaban J connectivity index is 1.48. The molecule has 11 heteroatoms. The van der Waals surface area contributed by atoms with Gasteiger partial charge in [-0.3, -0.25) is 9.61 Å². The first-order chi connectivity index (χ1) is 21.3.